The average molecular weight is 520 g/mol. The number of benzene rings is 5. The van der Waals surface area contributed by atoms with E-state index in [0.29, 0.717) is 0 Å². The molecule has 0 aliphatic rings. The minimum absolute atomic E-state index is 0.877. The van der Waals surface area contributed by atoms with Crippen LogP contribution < -0.4 is 5.19 Å². The van der Waals surface area contributed by atoms with Gasteiger partial charge in [0.05, 0.1) is 19.3 Å². The van der Waals surface area contributed by atoms with Crippen LogP contribution in [0.2, 0.25) is 19.6 Å². The molecular weight excluding hydrogens is 490 g/mol. The smallest absolute Gasteiger partial charge is 0.144 e. The average Bonchev–Trinajstić information content (AvgIpc) is 3.35. The van der Waals surface area contributed by atoms with Crippen molar-refractivity contribution in [1.29, 1.82) is 0 Å². The van der Waals surface area contributed by atoms with Crippen LogP contribution in [0.5, 0.6) is 0 Å². The molecule has 0 amide bonds. The summed E-state index contributed by atoms with van der Waals surface area (Å²) in [5, 5.41) is 4.87. The Morgan fingerprint density at radius 3 is 2.03 bits per heavy atom. The number of aromatic nitrogens is 1. The molecule has 2 heterocycles. The lowest BCUT2D eigenvalue weighted by Crippen LogP contribution is -2.37. The number of pyridine rings is 1. The largest absolute Gasteiger partial charge is 0.455 e. The third-order valence-electron chi connectivity index (χ3n) is 7.64. The highest BCUT2D eigenvalue weighted by molar-refractivity contribution is 6.88. The Morgan fingerprint density at radius 2 is 1.28 bits per heavy atom. The van der Waals surface area contributed by atoms with E-state index in [-0.39, 0.29) is 0 Å². The van der Waals surface area contributed by atoms with Crippen molar-refractivity contribution in [2.24, 2.45) is 0 Å². The topological polar surface area (TPSA) is 26.0 Å². The molecule has 0 radical (unpaired) electrons. The van der Waals surface area contributed by atoms with Gasteiger partial charge in [0.1, 0.15) is 11.2 Å². The van der Waals surface area contributed by atoms with Crippen molar-refractivity contribution in [3.63, 3.8) is 0 Å². The molecule has 2 nitrogen and oxygen atoms in total. The van der Waals surface area contributed by atoms with Crippen molar-refractivity contribution in [3.8, 4) is 33.5 Å². The van der Waals surface area contributed by atoms with E-state index in [9.17, 15) is 0 Å². The van der Waals surface area contributed by atoms with Gasteiger partial charge in [-0.25, -0.2) is 4.98 Å². The Kier molecular flexibility index (Phi) is 5.50. The molecule has 0 saturated heterocycles. The van der Waals surface area contributed by atoms with Crippen LogP contribution in [0.1, 0.15) is 0 Å². The van der Waals surface area contributed by atoms with E-state index in [2.05, 4.69) is 135 Å². The number of hydrogen-bond donors (Lipinski definition) is 0. The maximum atomic E-state index is 6.59. The highest BCUT2D eigenvalue weighted by Gasteiger charge is 2.20. The van der Waals surface area contributed by atoms with Crippen molar-refractivity contribution in [3.05, 3.63) is 121 Å². The summed E-state index contributed by atoms with van der Waals surface area (Å²) in [6.45, 7) is 7.18. The van der Waals surface area contributed by atoms with Gasteiger partial charge < -0.3 is 4.42 Å². The first-order valence-electron chi connectivity index (χ1n) is 13.5. The molecule has 7 aromatic rings. The van der Waals surface area contributed by atoms with Crippen LogP contribution in [-0.4, -0.2) is 13.1 Å². The first-order chi connectivity index (χ1) is 19.0. The van der Waals surface area contributed by atoms with Gasteiger partial charge >= 0.3 is 0 Å². The predicted molar refractivity (Wildman–Crippen MR) is 168 cm³/mol. The maximum Gasteiger partial charge on any atom is 0.144 e. The molecule has 0 aliphatic heterocycles. The van der Waals surface area contributed by atoms with Crippen molar-refractivity contribution >= 4 is 46.1 Å². The highest BCUT2D eigenvalue weighted by atomic mass is 28.3. The lowest BCUT2D eigenvalue weighted by molar-refractivity contribution is 0.670. The Balaban J connectivity index is 1.46. The number of furan rings is 1. The molecule has 0 spiro atoms. The van der Waals surface area contributed by atoms with Gasteiger partial charge in [-0.3, -0.25) is 0 Å². The lowest BCUT2D eigenvalue weighted by Gasteiger charge is -2.18. The van der Waals surface area contributed by atoms with E-state index in [4.69, 9.17) is 9.40 Å². The Labute approximate surface area is 229 Å². The third kappa shape index (κ3) is 4.16. The van der Waals surface area contributed by atoms with Crippen LogP contribution in [0, 0.1) is 0 Å². The normalized spacial score (nSPS) is 12.0. The van der Waals surface area contributed by atoms with Crippen molar-refractivity contribution in [2.45, 2.75) is 19.6 Å². The van der Waals surface area contributed by atoms with E-state index >= 15 is 0 Å². The molecule has 2 aromatic heterocycles. The van der Waals surface area contributed by atoms with E-state index in [1.165, 1.54) is 27.3 Å². The van der Waals surface area contributed by atoms with E-state index in [0.717, 1.165) is 44.3 Å². The summed E-state index contributed by atoms with van der Waals surface area (Å²) in [6, 6.07) is 43.1. The quantitative estimate of drug-likeness (QED) is 0.216. The molecule has 39 heavy (non-hydrogen) atoms. The molecule has 0 aliphatic carbocycles. The summed E-state index contributed by atoms with van der Waals surface area (Å²) in [7, 11) is -1.48. The fourth-order valence-electron chi connectivity index (χ4n) is 5.50. The minimum Gasteiger partial charge on any atom is -0.455 e. The Morgan fingerprint density at radius 1 is 0.538 bits per heavy atom. The Bertz CT molecular complexity index is 1980. The maximum absolute atomic E-state index is 6.59. The van der Waals surface area contributed by atoms with Crippen molar-refractivity contribution in [2.75, 3.05) is 0 Å². The van der Waals surface area contributed by atoms with Crippen LogP contribution in [0.4, 0.5) is 0 Å². The second-order valence-corrected chi connectivity index (χ2v) is 16.3. The molecule has 0 atom stereocenters. The summed E-state index contributed by atoms with van der Waals surface area (Å²) in [5.74, 6) is 0. The number of hydrogen-bond acceptors (Lipinski definition) is 2. The molecule has 0 N–H and O–H groups in total. The molecule has 188 valence electrons. The molecule has 7 rings (SSSR count). The molecule has 0 fully saturated rings. The van der Waals surface area contributed by atoms with E-state index in [1.54, 1.807) is 0 Å². The van der Waals surface area contributed by atoms with Gasteiger partial charge in [0, 0.05) is 21.7 Å². The van der Waals surface area contributed by atoms with Gasteiger partial charge in [0.25, 0.3) is 0 Å². The molecule has 0 saturated carbocycles. The monoisotopic (exact) mass is 519 g/mol. The van der Waals surface area contributed by atoms with Gasteiger partial charge in [0.15, 0.2) is 0 Å². The summed E-state index contributed by atoms with van der Waals surface area (Å²) >= 11 is 0. The Hall–Kier alpha value is -4.47. The molecular formula is C36H29NOSi. The van der Waals surface area contributed by atoms with Gasteiger partial charge in [-0.15, -0.1) is 0 Å². The zero-order valence-corrected chi connectivity index (χ0v) is 23.4. The van der Waals surface area contributed by atoms with Crippen LogP contribution in [-0.2, 0) is 0 Å². The number of para-hydroxylation sites is 1. The molecule has 0 unspecified atom stereocenters. The van der Waals surface area contributed by atoms with Crippen LogP contribution in [0.3, 0.4) is 0 Å². The summed E-state index contributed by atoms with van der Waals surface area (Å²) in [4.78, 5) is 5.20. The van der Waals surface area contributed by atoms with Crippen molar-refractivity contribution < 1.29 is 4.42 Å². The van der Waals surface area contributed by atoms with Crippen LogP contribution in [0.25, 0.3) is 66.4 Å². The summed E-state index contributed by atoms with van der Waals surface area (Å²) in [6.07, 6.45) is 0. The van der Waals surface area contributed by atoms with E-state index in [1.807, 2.05) is 6.07 Å². The predicted octanol–water partition coefficient (Wildman–Crippen LogP) is 9.68. The van der Waals surface area contributed by atoms with Crippen molar-refractivity contribution in [1.82, 2.24) is 4.98 Å². The first-order valence-corrected chi connectivity index (χ1v) is 17.0. The number of fused-ring (bicyclic) bond motifs is 4. The SMILES string of the molecule is C[Si](C)(C)c1ccc2nc(-c3cccc4c3oc3cc(-c5ccccc5)ccc34)cc(-c3ccccc3)c2c1. The van der Waals surface area contributed by atoms with Gasteiger partial charge in [-0.2, -0.15) is 0 Å². The fraction of sp³-hybridized carbons (Fsp3) is 0.0833. The fourth-order valence-corrected chi connectivity index (χ4v) is 6.66. The molecule has 0 bridgehead atoms. The standard InChI is InChI=1S/C36H29NOSi/c1-39(2,3)27-18-20-33-32(22-27)31(25-13-8-5-9-14-25)23-34(37-33)30-16-10-15-29-28-19-17-26(21-35(28)38-36(29)30)24-11-6-4-7-12-24/h4-23H,1-3H3. The highest BCUT2D eigenvalue weighted by Crippen LogP contribution is 2.39. The van der Waals surface area contributed by atoms with Crippen LogP contribution in [0.15, 0.2) is 126 Å². The summed E-state index contributed by atoms with van der Waals surface area (Å²) in [5.41, 5.74) is 9.45. The van der Waals surface area contributed by atoms with Gasteiger partial charge in [0.2, 0.25) is 0 Å². The summed E-state index contributed by atoms with van der Waals surface area (Å²) < 4.78 is 6.59. The van der Waals surface area contributed by atoms with E-state index < -0.39 is 8.07 Å². The van der Waals surface area contributed by atoms with Crippen LogP contribution >= 0.6 is 0 Å². The lowest BCUT2D eigenvalue weighted by atomic mass is 9.97. The second-order valence-electron chi connectivity index (χ2n) is 11.3. The second kappa shape index (κ2) is 9.07. The number of rotatable bonds is 4. The first kappa shape index (κ1) is 23.6. The minimum atomic E-state index is -1.48. The molecule has 3 heteroatoms. The van der Waals surface area contributed by atoms with Gasteiger partial charge in [-0.05, 0) is 52.6 Å². The van der Waals surface area contributed by atoms with Gasteiger partial charge in [-0.1, -0.05) is 116 Å². The zero-order chi connectivity index (χ0) is 26.6. The third-order valence-corrected chi connectivity index (χ3v) is 9.68. The zero-order valence-electron chi connectivity index (χ0n) is 22.4. The molecule has 5 aromatic carbocycles. The number of nitrogens with zero attached hydrogens (tertiary/aromatic N) is 1.